The van der Waals surface area contributed by atoms with Gasteiger partial charge in [0.1, 0.15) is 11.6 Å². The number of aromatic nitrogens is 1. The summed E-state index contributed by atoms with van der Waals surface area (Å²) in [7, 11) is 0. The summed E-state index contributed by atoms with van der Waals surface area (Å²) in [5.74, 6) is 0.276. The first kappa shape index (κ1) is 24.6. The Morgan fingerprint density at radius 2 is 2.09 bits per heavy atom. The number of nitrogens with zero attached hydrogens (tertiary/aromatic N) is 2. The number of amides is 2. The molecule has 33 heavy (non-hydrogen) atoms. The van der Waals surface area contributed by atoms with Crippen molar-refractivity contribution >= 4 is 23.4 Å². The van der Waals surface area contributed by atoms with Crippen molar-refractivity contribution < 1.29 is 23.1 Å². The molecule has 0 unspecified atom stereocenters. The minimum absolute atomic E-state index is 0.0385. The Labute approximate surface area is 191 Å². The van der Waals surface area contributed by atoms with E-state index in [0.717, 1.165) is 16.7 Å². The Hall–Kier alpha value is -3.01. The van der Waals surface area contributed by atoms with E-state index in [9.17, 15) is 23.1 Å². The lowest BCUT2D eigenvalue weighted by molar-refractivity contribution is -0.143. The maximum atomic E-state index is 12.6. The molecule has 0 bridgehead atoms. The summed E-state index contributed by atoms with van der Waals surface area (Å²) < 4.78 is 37.9. The molecule has 5 N–H and O–H groups in total. The van der Waals surface area contributed by atoms with Gasteiger partial charge in [-0.25, -0.2) is 9.78 Å². The second-order valence-electron chi connectivity index (χ2n) is 8.48. The third kappa shape index (κ3) is 6.74. The van der Waals surface area contributed by atoms with Crippen LogP contribution in [0, 0.1) is 12.8 Å². The highest BCUT2D eigenvalue weighted by Gasteiger charge is 2.36. The molecule has 1 aliphatic heterocycles. The number of carbonyl (C=O) groups is 1. The van der Waals surface area contributed by atoms with Crippen molar-refractivity contribution in [1.82, 2.24) is 9.88 Å². The number of anilines is 3. The molecule has 1 aliphatic rings. The van der Waals surface area contributed by atoms with Crippen LogP contribution in [0.3, 0.4) is 0 Å². The molecule has 10 heteroatoms. The van der Waals surface area contributed by atoms with Gasteiger partial charge < -0.3 is 26.4 Å². The summed E-state index contributed by atoms with van der Waals surface area (Å²) in [6, 6.07) is 8.39. The Morgan fingerprint density at radius 1 is 1.33 bits per heavy atom. The van der Waals surface area contributed by atoms with Gasteiger partial charge in [-0.3, -0.25) is 0 Å². The number of likely N-dealkylation sites (tertiary alicyclic amines) is 1. The third-order valence-corrected chi connectivity index (χ3v) is 5.80. The van der Waals surface area contributed by atoms with Crippen LogP contribution >= 0.6 is 0 Å². The zero-order chi connectivity index (χ0) is 24.2. The van der Waals surface area contributed by atoms with E-state index >= 15 is 0 Å². The Bertz CT molecular complexity index is 979. The normalized spacial score (nSPS) is 17.2. The van der Waals surface area contributed by atoms with Crippen molar-refractivity contribution in [2.75, 3.05) is 36.1 Å². The highest BCUT2D eigenvalue weighted by atomic mass is 19.4. The second-order valence-corrected chi connectivity index (χ2v) is 8.48. The molecule has 2 aromatic rings. The number of alkyl halides is 3. The minimum Gasteiger partial charge on any atom is -0.394 e. The van der Waals surface area contributed by atoms with Gasteiger partial charge in [0, 0.05) is 25.2 Å². The van der Waals surface area contributed by atoms with E-state index in [4.69, 9.17) is 5.73 Å². The summed E-state index contributed by atoms with van der Waals surface area (Å²) in [5, 5.41) is 15.4. The third-order valence-electron chi connectivity index (χ3n) is 5.80. The molecule has 2 heterocycles. The smallest absolute Gasteiger partial charge is 0.389 e. The highest BCUT2D eigenvalue weighted by Crippen LogP contribution is 2.32. The number of halogens is 3. The zero-order valence-electron chi connectivity index (χ0n) is 18.7. The zero-order valence-corrected chi connectivity index (χ0v) is 18.7. The number of pyridine rings is 1. The van der Waals surface area contributed by atoms with Crippen LogP contribution in [0.25, 0.3) is 11.1 Å². The molecule has 0 radical (unpaired) electrons. The highest BCUT2D eigenvalue weighted by molar-refractivity contribution is 5.91. The van der Waals surface area contributed by atoms with Crippen molar-refractivity contribution in [3.63, 3.8) is 0 Å². The predicted molar refractivity (Wildman–Crippen MR) is 123 cm³/mol. The second kappa shape index (κ2) is 10.3. The van der Waals surface area contributed by atoms with E-state index < -0.39 is 24.5 Å². The number of hydrogen-bond acceptors (Lipinski definition) is 5. The molecular weight excluding hydrogens is 435 g/mol. The summed E-state index contributed by atoms with van der Waals surface area (Å²) >= 11 is 0. The number of carbonyl (C=O) groups excluding carboxylic acids is 1. The average Bonchev–Trinajstić information content (AvgIpc) is 3.19. The molecule has 1 fully saturated rings. The Kier molecular flexibility index (Phi) is 7.68. The van der Waals surface area contributed by atoms with E-state index in [2.05, 4.69) is 15.6 Å². The van der Waals surface area contributed by atoms with Gasteiger partial charge in [-0.15, -0.1) is 0 Å². The van der Waals surface area contributed by atoms with Crippen LogP contribution < -0.4 is 16.4 Å². The Balaban J connectivity index is 1.75. The minimum atomic E-state index is -4.22. The van der Waals surface area contributed by atoms with Gasteiger partial charge in [-0.2, -0.15) is 13.2 Å². The van der Waals surface area contributed by atoms with Gasteiger partial charge in [0.15, 0.2) is 0 Å². The number of aliphatic hydroxyl groups excluding tert-OH is 1. The molecule has 180 valence electrons. The number of nitrogens with two attached hydrogens (primary N) is 1. The summed E-state index contributed by atoms with van der Waals surface area (Å²) in [6.45, 7) is 4.22. The number of nitrogen functional groups attached to an aromatic ring is 1. The van der Waals surface area contributed by atoms with Crippen LogP contribution in [0.4, 0.5) is 35.3 Å². The molecule has 0 spiro atoms. The van der Waals surface area contributed by atoms with Gasteiger partial charge >= 0.3 is 12.2 Å². The van der Waals surface area contributed by atoms with E-state index in [1.165, 1.54) is 4.90 Å². The van der Waals surface area contributed by atoms with Crippen LogP contribution in [-0.4, -0.2) is 52.9 Å². The van der Waals surface area contributed by atoms with E-state index in [0.29, 0.717) is 36.7 Å². The van der Waals surface area contributed by atoms with E-state index in [-0.39, 0.29) is 19.2 Å². The van der Waals surface area contributed by atoms with Gasteiger partial charge in [0.05, 0.1) is 12.6 Å². The standard InChI is InChI=1S/C23H30F3N5O2/c1-3-17(13-32)28-21-9-16(8-20(27)30-21)19-10-18(5-4-14(19)2)29-22(33)31-7-6-15(12-31)11-23(24,25)26/h4-5,8-10,15,17,32H,3,6-7,11-13H2,1-2H3,(H,29,33)(H3,27,28,30)/t15-,17+/m0/s1. The lowest BCUT2D eigenvalue weighted by atomic mass is 10.00. The summed E-state index contributed by atoms with van der Waals surface area (Å²) in [5.41, 5.74) is 9.10. The summed E-state index contributed by atoms with van der Waals surface area (Å²) in [4.78, 5) is 18.3. The SMILES string of the molecule is CC[C@H](CO)Nc1cc(-c2cc(NC(=O)N3CC[C@@H](CC(F)(F)F)C3)ccc2C)cc(N)n1. The number of benzene rings is 1. The fourth-order valence-electron chi connectivity index (χ4n) is 3.99. The lowest BCUT2D eigenvalue weighted by Gasteiger charge is -2.19. The van der Waals surface area contributed by atoms with Crippen molar-refractivity contribution in [1.29, 1.82) is 0 Å². The predicted octanol–water partition coefficient (Wildman–Crippen LogP) is 4.63. The number of rotatable bonds is 7. The van der Waals surface area contributed by atoms with Crippen LogP contribution in [0.5, 0.6) is 0 Å². The molecule has 2 amide bonds. The van der Waals surface area contributed by atoms with Crippen LogP contribution in [-0.2, 0) is 0 Å². The first-order chi connectivity index (χ1) is 15.6. The number of urea groups is 1. The molecule has 7 nitrogen and oxygen atoms in total. The molecule has 3 rings (SSSR count). The van der Waals surface area contributed by atoms with Crippen LogP contribution in [0.2, 0.25) is 0 Å². The molecule has 0 saturated carbocycles. The fraction of sp³-hybridized carbons (Fsp3) is 0.478. The van der Waals surface area contributed by atoms with E-state index in [1.54, 1.807) is 18.2 Å². The van der Waals surface area contributed by atoms with Gasteiger partial charge in [-0.1, -0.05) is 13.0 Å². The Morgan fingerprint density at radius 3 is 2.76 bits per heavy atom. The maximum Gasteiger partial charge on any atom is 0.389 e. The molecule has 2 atom stereocenters. The fourth-order valence-corrected chi connectivity index (χ4v) is 3.99. The molecule has 0 aliphatic carbocycles. The van der Waals surface area contributed by atoms with Gasteiger partial charge in [-0.05, 0) is 66.6 Å². The van der Waals surface area contributed by atoms with E-state index in [1.807, 2.05) is 26.0 Å². The first-order valence-electron chi connectivity index (χ1n) is 11.0. The molecule has 1 saturated heterocycles. The largest absolute Gasteiger partial charge is 0.394 e. The number of aryl methyl sites for hydroxylation is 1. The summed E-state index contributed by atoms with van der Waals surface area (Å²) in [6.07, 6.45) is -4.05. The number of aliphatic hydroxyl groups is 1. The quantitative estimate of drug-likeness (QED) is 0.478. The average molecular weight is 466 g/mol. The lowest BCUT2D eigenvalue weighted by Crippen LogP contribution is -2.33. The van der Waals surface area contributed by atoms with Gasteiger partial charge in [0.2, 0.25) is 0 Å². The van der Waals surface area contributed by atoms with Gasteiger partial charge in [0.25, 0.3) is 0 Å². The van der Waals surface area contributed by atoms with Crippen molar-refractivity contribution in [3.05, 3.63) is 35.9 Å². The van der Waals surface area contributed by atoms with Crippen molar-refractivity contribution in [3.8, 4) is 11.1 Å². The first-order valence-corrected chi connectivity index (χ1v) is 11.0. The topological polar surface area (TPSA) is 104 Å². The molecule has 1 aromatic carbocycles. The van der Waals surface area contributed by atoms with Crippen LogP contribution in [0.15, 0.2) is 30.3 Å². The number of hydrogen-bond donors (Lipinski definition) is 4. The number of nitrogens with one attached hydrogen (secondary N) is 2. The molecule has 1 aromatic heterocycles. The maximum absolute atomic E-state index is 12.6. The van der Waals surface area contributed by atoms with Crippen molar-refractivity contribution in [2.24, 2.45) is 5.92 Å². The van der Waals surface area contributed by atoms with Crippen LogP contribution in [0.1, 0.15) is 31.7 Å². The monoisotopic (exact) mass is 465 g/mol. The molecular formula is C23H30F3N5O2. The van der Waals surface area contributed by atoms with Crippen molar-refractivity contribution in [2.45, 2.75) is 45.3 Å².